The van der Waals surface area contributed by atoms with E-state index in [0.29, 0.717) is 46.2 Å². The minimum absolute atomic E-state index is 0. The number of halogens is 5. The maximum atomic E-state index is 13.5. The van der Waals surface area contributed by atoms with Crippen molar-refractivity contribution in [3.05, 3.63) is 69.4 Å². The first-order valence-electron chi connectivity index (χ1n) is 11.0. The van der Waals surface area contributed by atoms with Crippen molar-refractivity contribution in [2.45, 2.75) is 25.1 Å². The second-order valence-electron chi connectivity index (χ2n) is 8.26. The zero-order chi connectivity index (χ0) is 23.7. The van der Waals surface area contributed by atoms with E-state index in [4.69, 9.17) is 4.74 Å². The molecular weight excluding hydrogens is 534 g/mol. The van der Waals surface area contributed by atoms with Crippen LogP contribution in [0.25, 0.3) is 11.9 Å². The Morgan fingerprint density at radius 1 is 1.17 bits per heavy atom. The number of anilines is 1. The molecule has 2 aliphatic rings. The zero-order valence-electron chi connectivity index (χ0n) is 19.3. The average molecular weight is 560 g/mol. The first-order valence-corrected chi connectivity index (χ1v) is 11.9. The van der Waals surface area contributed by atoms with Gasteiger partial charge in [0.05, 0.1) is 18.2 Å². The predicted molar refractivity (Wildman–Crippen MR) is 140 cm³/mol. The van der Waals surface area contributed by atoms with Gasteiger partial charge in [0.1, 0.15) is 16.4 Å². The van der Waals surface area contributed by atoms with Crippen LogP contribution in [0.3, 0.4) is 0 Å². The zero-order valence-corrected chi connectivity index (χ0v) is 21.8. The topological polar surface area (TPSA) is 62.3 Å². The molecule has 0 saturated carbocycles. The molecule has 5 rings (SSSR count). The SMILES string of the molecule is COc1ccc(CCC2CN(C3=c4ncccc4=CNc4sc(C(F)(F)F)nc43)CCN2)cc1.Cl.Cl. The molecule has 36 heavy (non-hydrogen) atoms. The van der Waals surface area contributed by atoms with Crippen LogP contribution in [0, 0.1) is 0 Å². The van der Waals surface area contributed by atoms with E-state index < -0.39 is 11.2 Å². The molecule has 12 heteroatoms. The van der Waals surface area contributed by atoms with Crippen LogP contribution in [0.15, 0.2) is 42.6 Å². The van der Waals surface area contributed by atoms with Gasteiger partial charge in [0, 0.05) is 43.3 Å². The third-order valence-corrected chi connectivity index (χ3v) is 7.06. The first-order chi connectivity index (χ1) is 16.4. The summed E-state index contributed by atoms with van der Waals surface area (Å²) in [4.78, 5) is 10.7. The number of alkyl halides is 3. The smallest absolute Gasteiger partial charge is 0.443 e. The lowest BCUT2D eigenvalue weighted by atomic mass is 10.0. The number of hydrogen-bond donors (Lipinski definition) is 2. The minimum atomic E-state index is -4.50. The standard InChI is InChI=1S/C24H24F3N5OS.2ClH/c1-33-18-8-5-15(6-9-18)4-7-17-14-32(12-11-28-17)21-19-16(3-2-10-29-19)13-30-22-20(21)31-23(34-22)24(25,26)27;;/h2-3,5-6,8-10,13,17,28,30H,4,7,11-12,14H2,1H3;2*1H. The fraction of sp³-hybridized carbons (Fsp3) is 0.333. The third kappa shape index (κ3) is 5.88. The summed E-state index contributed by atoms with van der Waals surface area (Å²) in [6.07, 6.45) is 0.650. The molecule has 0 amide bonds. The number of thiazole rings is 1. The van der Waals surface area contributed by atoms with Gasteiger partial charge in [-0.3, -0.25) is 4.98 Å². The van der Waals surface area contributed by atoms with E-state index in [1.807, 2.05) is 24.3 Å². The molecule has 194 valence electrons. The molecule has 2 aromatic heterocycles. The van der Waals surface area contributed by atoms with Gasteiger partial charge >= 0.3 is 6.18 Å². The Morgan fingerprint density at radius 3 is 2.67 bits per heavy atom. The Balaban J connectivity index is 0.00000180. The van der Waals surface area contributed by atoms with Crippen molar-refractivity contribution in [1.29, 1.82) is 0 Å². The molecular formula is C24H26Cl2F3N5OS. The molecule has 0 bridgehead atoms. The van der Waals surface area contributed by atoms with Crippen molar-refractivity contribution in [3.8, 4) is 5.75 Å². The van der Waals surface area contributed by atoms with E-state index in [9.17, 15) is 13.2 Å². The Labute approximate surface area is 223 Å². The number of aryl methyl sites for hydroxylation is 1. The number of aromatic nitrogens is 2. The highest BCUT2D eigenvalue weighted by atomic mass is 35.5. The molecule has 1 saturated heterocycles. The van der Waals surface area contributed by atoms with Crippen LogP contribution in [0.4, 0.5) is 18.2 Å². The molecule has 0 aliphatic carbocycles. The number of nitrogens with one attached hydrogen (secondary N) is 2. The fourth-order valence-electron chi connectivity index (χ4n) is 4.34. The van der Waals surface area contributed by atoms with Crippen LogP contribution in [0.5, 0.6) is 5.75 Å². The van der Waals surface area contributed by atoms with Crippen molar-refractivity contribution in [2.24, 2.45) is 0 Å². The number of benzene rings is 1. The summed E-state index contributed by atoms with van der Waals surface area (Å²) < 4.78 is 45.6. The fourth-order valence-corrected chi connectivity index (χ4v) is 5.14. The maximum Gasteiger partial charge on any atom is 0.443 e. The summed E-state index contributed by atoms with van der Waals surface area (Å²) in [5.74, 6) is 0.823. The second-order valence-corrected chi connectivity index (χ2v) is 9.26. The van der Waals surface area contributed by atoms with Crippen molar-refractivity contribution >= 4 is 53.0 Å². The predicted octanol–water partition coefficient (Wildman–Crippen LogP) is 3.64. The molecule has 1 fully saturated rings. The second kappa shape index (κ2) is 11.7. The lowest BCUT2D eigenvalue weighted by Crippen LogP contribution is -2.52. The molecule has 2 N–H and O–H groups in total. The number of fused-ring (bicyclic) bond motifs is 2. The number of piperazine rings is 1. The molecule has 1 unspecified atom stereocenters. The van der Waals surface area contributed by atoms with Gasteiger partial charge in [-0.1, -0.05) is 23.5 Å². The molecule has 1 atom stereocenters. The summed E-state index contributed by atoms with van der Waals surface area (Å²) in [7, 11) is 1.65. The van der Waals surface area contributed by atoms with Crippen LogP contribution in [-0.2, 0) is 12.6 Å². The minimum Gasteiger partial charge on any atom is -0.497 e. The monoisotopic (exact) mass is 559 g/mol. The van der Waals surface area contributed by atoms with E-state index in [2.05, 4.69) is 37.6 Å². The van der Waals surface area contributed by atoms with Gasteiger partial charge in [-0.25, -0.2) is 4.98 Å². The summed E-state index contributed by atoms with van der Waals surface area (Å²) in [5, 5.41) is 7.57. The number of methoxy groups -OCH3 is 1. The number of nitrogens with zero attached hydrogens (tertiary/aromatic N) is 3. The van der Waals surface area contributed by atoms with E-state index in [0.717, 1.165) is 30.4 Å². The first kappa shape index (κ1) is 28.0. The third-order valence-electron chi connectivity index (χ3n) is 6.03. The van der Waals surface area contributed by atoms with Gasteiger partial charge in [0.15, 0.2) is 0 Å². The average Bonchev–Trinajstić information content (AvgIpc) is 3.21. The maximum absolute atomic E-state index is 13.5. The number of hydrogen-bond acceptors (Lipinski definition) is 7. The Hall–Kier alpha value is -2.53. The van der Waals surface area contributed by atoms with Gasteiger partial charge < -0.3 is 20.3 Å². The highest BCUT2D eigenvalue weighted by Gasteiger charge is 2.38. The highest BCUT2D eigenvalue weighted by molar-refractivity contribution is 7.16. The van der Waals surface area contributed by atoms with Crippen LogP contribution in [0.2, 0.25) is 0 Å². The summed E-state index contributed by atoms with van der Waals surface area (Å²) in [5.41, 5.74) is 2.17. The Morgan fingerprint density at radius 2 is 1.94 bits per heavy atom. The molecule has 0 spiro atoms. The summed E-state index contributed by atoms with van der Waals surface area (Å²) >= 11 is 0.626. The van der Waals surface area contributed by atoms with Crippen molar-refractivity contribution < 1.29 is 17.9 Å². The van der Waals surface area contributed by atoms with Crippen molar-refractivity contribution in [3.63, 3.8) is 0 Å². The molecule has 1 aromatic carbocycles. The van der Waals surface area contributed by atoms with Crippen LogP contribution in [-0.4, -0.2) is 47.7 Å². The van der Waals surface area contributed by atoms with Gasteiger partial charge in [-0.05, 0) is 42.7 Å². The van der Waals surface area contributed by atoms with Crippen LogP contribution < -0.4 is 25.9 Å². The molecule has 2 aliphatic heterocycles. The lowest BCUT2D eigenvalue weighted by Gasteiger charge is -2.36. The van der Waals surface area contributed by atoms with Gasteiger partial charge in [0.25, 0.3) is 0 Å². The number of rotatable bonds is 5. The van der Waals surface area contributed by atoms with E-state index in [1.165, 1.54) is 5.56 Å². The largest absolute Gasteiger partial charge is 0.497 e. The Kier molecular flexibility index (Phi) is 9.10. The number of ether oxygens (including phenoxy) is 1. The van der Waals surface area contributed by atoms with Gasteiger partial charge in [-0.15, -0.1) is 24.8 Å². The molecule has 6 nitrogen and oxygen atoms in total. The quantitative estimate of drug-likeness (QED) is 0.497. The summed E-state index contributed by atoms with van der Waals surface area (Å²) in [6.45, 7) is 2.03. The molecule has 3 aromatic rings. The van der Waals surface area contributed by atoms with Gasteiger partial charge in [0.2, 0.25) is 5.01 Å². The van der Waals surface area contributed by atoms with Gasteiger partial charge in [-0.2, -0.15) is 13.2 Å². The molecule has 4 heterocycles. The Bertz CT molecular complexity index is 1300. The highest BCUT2D eigenvalue weighted by Crippen LogP contribution is 2.39. The van der Waals surface area contributed by atoms with Crippen molar-refractivity contribution in [1.82, 2.24) is 20.2 Å². The van der Waals surface area contributed by atoms with Crippen LogP contribution in [0.1, 0.15) is 22.7 Å². The van der Waals surface area contributed by atoms with E-state index >= 15 is 0 Å². The molecule has 0 radical (unpaired) electrons. The number of pyridine rings is 1. The van der Waals surface area contributed by atoms with E-state index in [1.54, 1.807) is 19.5 Å². The van der Waals surface area contributed by atoms with Crippen molar-refractivity contribution in [2.75, 3.05) is 32.1 Å². The lowest BCUT2D eigenvalue weighted by molar-refractivity contribution is -0.137. The van der Waals surface area contributed by atoms with Crippen LogP contribution >= 0.6 is 36.2 Å². The van der Waals surface area contributed by atoms with E-state index in [-0.39, 0.29) is 30.9 Å². The summed E-state index contributed by atoms with van der Waals surface area (Å²) in [6, 6.07) is 11.9. The normalized spacial score (nSPS) is 16.8.